The highest BCUT2D eigenvalue weighted by molar-refractivity contribution is 5.95. The van der Waals surface area contributed by atoms with E-state index in [1.165, 1.54) is 0 Å². The summed E-state index contributed by atoms with van der Waals surface area (Å²) in [6.07, 6.45) is 4.24. The summed E-state index contributed by atoms with van der Waals surface area (Å²) in [7, 11) is 7.89. The Balaban J connectivity index is 1.36. The van der Waals surface area contributed by atoms with Gasteiger partial charge in [-0.3, -0.25) is 9.59 Å². The Morgan fingerprint density at radius 1 is 0.763 bits per heavy atom. The molecule has 3 N–H and O–H groups in total. The summed E-state index contributed by atoms with van der Waals surface area (Å²) < 4.78 is 0. The molecule has 0 bridgehead atoms. The van der Waals surface area contributed by atoms with Crippen molar-refractivity contribution in [2.24, 2.45) is 10.2 Å². The standard InChI is InChI=1S/C29H35N7O2/c1-35(2)26-10-5-8-22(18-26)20-31-33-28(37)12-7-17-30-25-15-13-24(14-16-25)29(38)34-32-21-23-9-6-11-27(19-23)36(3)4/h5-6,8-11,13-16,18-21,30H,7,12,17H2,1-4H3,(H,33,37)(H,34,38)/b31-20+,32-21+. The Morgan fingerprint density at radius 3 is 1.87 bits per heavy atom. The third-order valence-electron chi connectivity index (χ3n) is 5.61. The van der Waals surface area contributed by atoms with Crippen molar-refractivity contribution in [3.8, 4) is 0 Å². The van der Waals surface area contributed by atoms with Gasteiger partial charge < -0.3 is 15.1 Å². The first kappa shape index (κ1) is 27.9. The Bertz CT molecular complexity index is 1270. The summed E-state index contributed by atoms with van der Waals surface area (Å²) in [5.74, 6) is -0.435. The number of nitrogens with one attached hydrogen (secondary N) is 3. The van der Waals surface area contributed by atoms with Gasteiger partial charge in [0.15, 0.2) is 0 Å². The molecule has 0 heterocycles. The number of anilines is 3. The summed E-state index contributed by atoms with van der Waals surface area (Å²) in [6, 6.07) is 22.8. The first-order chi connectivity index (χ1) is 18.3. The normalized spacial score (nSPS) is 10.9. The molecule has 0 saturated carbocycles. The van der Waals surface area contributed by atoms with Crippen LogP contribution in [-0.2, 0) is 4.79 Å². The molecule has 38 heavy (non-hydrogen) atoms. The van der Waals surface area contributed by atoms with Crippen molar-refractivity contribution < 1.29 is 9.59 Å². The van der Waals surface area contributed by atoms with Crippen LogP contribution in [0.25, 0.3) is 0 Å². The molecule has 3 aromatic rings. The van der Waals surface area contributed by atoms with Gasteiger partial charge >= 0.3 is 0 Å². The number of carbonyl (C=O) groups excluding carboxylic acids is 2. The van der Waals surface area contributed by atoms with Crippen LogP contribution in [0.3, 0.4) is 0 Å². The van der Waals surface area contributed by atoms with Gasteiger partial charge in [-0.15, -0.1) is 0 Å². The molecular formula is C29H35N7O2. The lowest BCUT2D eigenvalue weighted by Gasteiger charge is -2.12. The summed E-state index contributed by atoms with van der Waals surface area (Å²) >= 11 is 0. The molecule has 3 rings (SSSR count). The van der Waals surface area contributed by atoms with Crippen molar-refractivity contribution in [2.75, 3.05) is 49.9 Å². The van der Waals surface area contributed by atoms with Crippen molar-refractivity contribution >= 4 is 41.3 Å². The van der Waals surface area contributed by atoms with Gasteiger partial charge in [-0.05, 0) is 66.1 Å². The SMILES string of the molecule is CN(C)c1cccc(/C=N/NC(=O)CCCNc2ccc(C(=O)N/N=C/c3cccc(N(C)C)c3)cc2)c1. The number of amides is 2. The topological polar surface area (TPSA) is 101 Å². The van der Waals surface area contributed by atoms with E-state index in [0.717, 1.165) is 28.2 Å². The Hall–Kier alpha value is -4.66. The van der Waals surface area contributed by atoms with Gasteiger partial charge in [0.2, 0.25) is 5.91 Å². The minimum atomic E-state index is -0.290. The number of carbonyl (C=O) groups is 2. The number of nitrogens with zero attached hydrogens (tertiary/aromatic N) is 4. The molecule has 9 nitrogen and oxygen atoms in total. The van der Waals surface area contributed by atoms with E-state index in [2.05, 4.69) is 26.4 Å². The molecule has 0 atom stereocenters. The number of benzene rings is 3. The Morgan fingerprint density at radius 2 is 1.32 bits per heavy atom. The monoisotopic (exact) mass is 513 g/mol. The molecule has 0 aromatic heterocycles. The fourth-order valence-electron chi connectivity index (χ4n) is 3.45. The molecule has 0 aliphatic carbocycles. The molecule has 2 amide bonds. The average Bonchev–Trinajstić information content (AvgIpc) is 2.91. The zero-order chi connectivity index (χ0) is 27.3. The predicted molar refractivity (Wildman–Crippen MR) is 157 cm³/mol. The quantitative estimate of drug-likeness (QED) is 0.194. The second-order valence-corrected chi connectivity index (χ2v) is 9.08. The average molecular weight is 514 g/mol. The van der Waals surface area contributed by atoms with Crippen LogP contribution in [0, 0.1) is 0 Å². The van der Waals surface area contributed by atoms with Gasteiger partial charge in [-0.1, -0.05) is 24.3 Å². The maximum atomic E-state index is 12.4. The molecule has 3 aromatic carbocycles. The highest BCUT2D eigenvalue weighted by atomic mass is 16.2. The highest BCUT2D eigenvalue weighted by Gasteiger charge is 2.05. The maximum Gasteiger partial charge on any atom is 0.271 e. The van der Waals surface area contributed by atoms with Crippen LogP contribution in [0.1, 0.15) is 34.3 Å². The predicted octanol–water partition coefficient (Wildman–Crippen LogP) is 3.92. The summed E-state index contributed by atoms with van der Waals surface area (Å²) in [4.78, 5) is 28.4. The lowest BCUT2D eigenvalue weighted by atomic mass is 10.2. The minimum Gasteiger partial charge on any atom is -0.385 e. The first-order valence-electron chi connectivity index (χ1n) is 12.4. The van der Waals surface area contributed by atoms with Gasteiger partial charge in [0.05, 0.1) is 12.4 Å². The number of hydrogen-bond donors (Lipinski definition) is 3. The lowest BCUT2D eigenvalue weighted by molar-refractivity contribution is -0.121. The third kappa shape index (κ3) is 9.09. The van der Waals surface area contributed by atoms with Crippen LogP contribution >= 0.6 is 0 Å². The molecule has 0 saturated heterocycles. The third-order valence-corrected chi connectivity index (χ3v) is 5.61. The zero-order valence-corrected chi connectivity index (χ0v) is 22.3. The molecule has 0 radical (unpaired) electrons. The van der Waals surface area contributed by atoms with Crippen LogP contribution in [0.4, 0.5) is 17.1 Å². The maximum absolute atomic E-state index is 12.4. The first-order valence-corrected chi connectivity index (χ1v) is 12.4. The van der Waals surface area contributed by atoms with Gasteiger partial charge in [-0.25, -0.2) is 10.9 Å². The lowest BCUT2D eigenvalue weighted by Crippen LogP contribution is -2.18. The second-order valence-electron chi connectivity index (χ2n) is 9.08. The van der Waals surface area contributed by atoms with Crippen molar-refractivity contribution in [3.63, 3.8) is 0 Å². The van der Waals surface area contributed by atoms with Crippen LogP contribution in [-0.4, -0.2) is 59.0 Å². The van der Waals surface area contributed by atoms with Gasteiger partial charge in [0.25, 0.3) is 5.91 Å². The highest BCUT2D eigenvalue weighted by Crippen LogP contribution is 2.13. The van der Waals surface area contributed by atoms with Gasteiger partial charge in [-0.2, -0.15) is 10.2 Å². The molecular weight excluding hydrogens is 478 g/mol. The van der Waals surface area contributed by atoms with Crippen molar-refractivity contribution in [1.29, 1.82) is 0 Å². The Kier molecular flexibility index (Phi) is 10.4. The zero-order valence-electron chi connectivity index (χ0n) is 22.3. The van der Waals surface area contributed by atoms with E-state index < -0.39 is 0 Å². The number of hydrogen-bond acceptors (Lipinski definition) is 7. The Labute approximate surface area is 224 Å². The summed E-state index contributed by atoms with van der Waals surface area (Å²) in [5.41, 5.74) is 10.4. The van der Waals surface area contributed by atoms with Crippen molar-refractivity contribution in [1.82, 2.24) is 10.9 Å². The number of hydrazone groups is 2. The number of rotatable bonds is 12. The smallest absolute Gasteiger partial charge is 0.271 e. The van der Waals surface area contributed by atoms with E-state index in [1.54, 1.807) is 24.6 Å². The molecule has 198 valence electrons. The van der Waals surface area contributed by atoms with E-state index in [4.69, 9.17) is 0 Å². The minimum absolute atomic E-state index is 0.146. The van der Waals surface area contributed by atoms with Crippen LogP contribution in [0.5, 0.6) is 0 Å². The van der Waals surface area contributed by atoms with E-state index in [1.807, 2.05) is 98.7 Å². The van der Waals surface area contributed by atoms with Crippen LogP contribution in [0.15, 0.2) is 83.0 Å². The van der Waals surface area contributed by atoms with E-state index in [-0.39, 0.29) is 11.8 Å². The van der Waals surface area contributed by atoms with Gasteiger partial charge in [0, 0.05) is 63.8 Å². The molecule has 0 spiro atoms. The van der Waals surface area contributed by atoms with Crippen molar-refractivity contribution in [3.05, 3.63) is 89.5 Å². The molecule has 9 heteroatoms. The fourth-order valence-corrected chi connectivity index (χ4v) is 3.45. The van der Waals surface area contributed by atoms with E-state index in [9.17, 15) is 9.59 Å². The van der Waals surface area contributed by atoms with Crippen LogP contribution < -0.4 is 26.0 Å². The summed E-state index contributed by atoms with van der Waals surface area (Å²) in [6.45, 7) is 0.615. The molecule has 0 fully saturated rings. The van der Waals surface area contributed by atoms with Gasteiger partial charge in [0.1, 0.15) is 0 Å². The second kappa shape index (κ2) is 14.2. The molecule has 0 aliphatic rings. The van der Waals surface area contributed by atoms with Crippen LogP contribution in [0.2, 0.25) is 0 Å². The largest absolute Gasteiger partial charge is 0.385 e. The van der Waals surface area contributed by atoms with Crippen molar-refractivity contribution in [2.45, 2.75) is 12.8 Å². The summed E-state index contributed by atoms with van der Waals surface area (Å²) in [5, 5.41) is 11.4. The van der Waals surface area contributed by atoms with E-state index in [0.29, 0.717) is 24.9 Å². The molecule has 0 aliphatic heterocycles. The molecule has 0 unspecified atom stereocenters. The van der Waals surface area contributed by atoms with E-state index >= 15 is 0 Å². The fraction of sp³-hybridized carbons (Fsp3) is 0.241.